The van der Waals surface area contributed by atoms with Crippen LogP contribution >= 0.6 is 11.3 Å². The summed E-state index contributed by atoms with van der Waals surface area (Å²) in [5.41, 5.74) is 8.84. The number of thiazole rings is 1. The Bertz CT molecular complexity index is 2300. The number of allylic oxidation sites excluding steroid dienone is 2. The molecule has 4 aliphatic rings. The highest BCUT2D eigenvalue weighted by atomic mass is 32.1. The van der Waals surface area contributed by atoms with Crippen LogP contribution in [0.25, 0.3) is 27.7 Å². The lowest BCUT2D eigenvalue weighted by Crippen LogP contribution is -2.61. The van der Waals surface area contributed by atoms with E-state index in [1.54, 1.807) is 13.3 Å². The maximum atomic E-state index is 14.8. The van der Waals surface area contributed by atoms with Gasteiger partial charge in [-0.3, -0.25) is 29.2 Å². The van der Waals surface area contributed by atoms with Crippen molar-refractivity contribution in [1.82, 2.24) is 30.2 Å². The number of carbonyl (C=O) groups is 4. The smallest absolute Gasteiger partial charge is 0.324 e. The van der Waals surface area contributed by atoms with Gasteiger partial charge in [-0.1, -0.05) is 46.4 Å². The lowest BCUT2D eigenvalue weighted by atomic mass is 9.84. The lowest BCUT2D eigenvalue weighted by molar-refractivity contribution is -0.156. The van der Waals surface area contributed by atoms with Gasteiger partial charge in [-0.2, -0.15) is 0 Å². The largest absolute Gasteiger partial charge is 0.464 e. The van der Waals surface area contributed by atoms with Crippen LogP contribution in [0.3, 0.4) is 0 Å². The zero-order valence-corrected chi connectivity index (χ0v) is 39.2. The summed E-state index contributed by atoms with van der Waals surface area (Å²) >= 11 is 1.36. The third kappa shape index (κ3) is 9.30. The lowest BCUT2D eigenvalue weighted by Gasteiger charge is -2.37. The van der Waals surface area contributed by atoms with Gasteiger partial charge in [0.1, 0.15) is 23.2 Å². The quantitative estimate of drug-likeness (QED) is 0.121. The number of rotatable bonds is 11. The second-order valence-electron chi connectivity index (χ2n) is 18.4. The van der Waals surface area contributed by atoms with E-state index in [9.17, 15) is 19.2 Å². The number of nitrogens with zero attached hydrogens (tertiary/aromatic N) is 5. The van der Waals surface area contributed by atoms with Crippen LogP contribution in [0.4, 0.5) is 0 Å². The van der Waals surface area contributed by atoms with Crippen molar-refractivity contribution in [2.45, 2.75) is 112 Å². The minimum atomic E-state index is -1.21. The van der Waals surface area contributed by atoms with Crippen LogP contribution in [0.2, 0.25) is 0 Å². The summed E-state index contributed by atoms with van der Waals surface area (Å²) < 4.78 is 20.6. The standard InChI is InChI=1S/C48H65N7O7S/c1-11-31(39(49-12-2)29(7)60-10)41-33-23-48(8,9)26-62-47(59)34-16-15-20-55(52-34)46(58)40(51-43(56)37-28(6)38(37)45(57)53-21-19-27(5)24-53)42(61-14-4)44-50-35(25-63-44)30-17-18-36(32(33)22-30)54(41)13-3/h11-12,17-18,22,25,27-29,34,37-38,40,42,52H,1,13-16,19-21,23-24,26H2,2-10H3,(H,51,56)/b39-31+,49-12-/t27-,28-,29+,34+,37-,38-,40+,42+/m1/s1. The summed E-state index contributed by atoms with van der Waals surface area (Å²) in [6, 6.07) is 4.32. The molecular weight excluding hydrogens is 819 g/mol. The summed E-state index contributed by atoms with van der Waals surface area (Å²) in [7, 11) is 1.67. The van der Waals surface area contributed by atoms with E-state index < -0.39 is 47.3 Å². The minimum absolute atomic E-state index is 0.00566. The summed E-state index contributed by atoms with van der Waals surface area (Å²) in [5, 5.41) is 7.96. The Balaban J connectivity index is 1.34. The van der Waals surface area contributed by atoms with Gasteiger partial charge in [0, 0.05) is 78.9 Å². The third-order valence-electron chi connectivity index (χ3n) is 13.2. The van der Waals surface area contributed by atoms with Crippen LogP contribution in [-0.4, -0.2) is 108 Å². The van der Waals surface area contributed by atoms with E-state index in [0.29, 0.717) is 62.1 Å². The van der Waals surface area contributed by atoms with Crippen molar-refractivity contribution in [1.29, 1.82) is 0 Å². The number of methoxy groups -OCH3 is 1. The Morgan fingerprint density at radius 1 is 1.17 bits per heavy atom. The Morgan fingerprint density at radius 2 is 1.95 bits per heavy atom. The molecule has 1 saturated carbocycles. The molecule has 63 heavy (non-hydrogen) atoms. The Hall–Kier alpha value is -4.70. The minimum Gasteiger partial charge on any atom is -0.464 e. The number of nitrogens with one attached hydrogen (secondary N) is 2. The number of likely N-dealkylation sites (tertiary alicyclic amines) is 1. The maximum Gasteiger partial charge on any atom is 0.324 e. The van der Waals surface area contributed by atoms with Crippen molar-refractivity contribution in [3.63, 3.8) is 0 Å². The second-order valence-corrected chi connectivity index (χ2v) is 19.2. The molecule has 2 aromatic heterocycles. The van der Waals surface area contributed by atoms with E-state index in [-0.39, 0.29) is 37.0 Å². The fraction of sp³-hybridized carbons (Fsp3) is 0.583. The first kappa shape index (κ1) is 46.3. The van der Waals surface area contributed by atoms with E-state index in [1.807, 2.05) is 44.1 Å². The number of carbonyl (C=O) groups excluding carboxylic acids is 4. The molecule has 6 bridgehead atoms. The number of hydrogen-bond donors (Lipinski definition) is 2. The fourth-order valence-electron chi connectivity index (χ4n) is 9.69. The zero-order chi connectivity index (χ0) is 45.3. The first-order chi connectivity index (χ1) is 30.2. The van der Waals surface area contributed by atoms with Gasteiger partial charge in [0.15, 0.2) is 0 Å². The summed E-state index contributed by atoms with van der Waals surface area (Å²) in [6.07, 6.45) is 4.82. The first-order valence-electron chi connectivity index (χ1n) is 22.6. The number of amides is 3. The molecule has 2 saturated heterocycles. The molecule has 2 N–H and O–H groups in total. The fourth-order valence-corrected chi connectivity index (χ4v) is 10.6. The van der Waals surface area contributed by atoms with Crippen molar-refractivity contribution in [3.8, 4) is 11.3 Å². The van der Waals surface area contributed by atoms with Crippen LogP contribution in [0.15, 0.2) is 46.9 Å². The Kier molecular flexibility index (Phi) is 14.1. The number of hydrazine groups is 1. The molecule has 3 aromatic rings. The number of cyclic esters (lactones) is 1. The number of aliphatic imine (C=N–C) groups is 1. The molecule has 8 atom stereocenters. The van der Waals surface area contributed by atoms with Crippen LogP contribution < -0.4 is 10.7 Å². The zero-order valence-electron chi connectivity index (χ0n) is 38.4. The number of ether oxygens (including phenoxy) is 3. The molecule has 1 aliphatic carbocycles. The Morgan fingerprint density at radius 3 is 2.62 bits per heavy atom. The van der Waals surface area contributed by atoms with Crippen molar-refractivity contribution in [2.75, 3.05) is 40.0 Å². The van der Waals surface area contributed by atoms with E-state index >= 15 is 0 Å². The topological polar surface area (TPSA) is 157 Å². The number of aryl methyl sites for hydroxylation is 1. The second kappa shape index (κ2) is 19.2. The highest BCUT2D eigenvalue weighted by Crippen LogP contribution is 2.48. The predicted octanol–water partition coefficient (Wildman–Crippen LogP) is 6.74. The molecule has 0 spiro atoms. The van der Waals surface area contributed by atoms with Gasteiger partial charge >= 0.3 is 5.97 Å². The molecule has 0 unspecified atom stereocenters. The molecule has 0 radical (unpaired) electrons. The first-order valence-corrected chi connectivity index (χ1v) is 23.5. The monoisotopic (exact) mass is 883 g/mol. The highest BCUT2D eigenvalue weighted by Gasteiger charge is 2.58. The van der Waals surface area contributed by atoms with Gasteiger partial charge in [-0.15, -0.1) is 11.3 Å². The van der Waals surface area contributed by atoms with Crippen molar-refractivity contribution < 1.29 is 33.4 Å². The van der Waals surface area contributed by atoms with Gasteiger partial charge in [-0.05, 0) is 82.9 Å². The average molecular weight is 884 g/mol. The van der Waals surface area contributed by atoms with Crippen molar-refractivity contribution in [3.05, 3.63) is 58.2 Å². The Labute approximate surface area is 375 Å². The molecule has 3 amide bonds. The number of esters is 1. The average Bonchev–Trinajstić information content (AvgIpc) is 3.61. The number of benzene rings is 1. The third-order valence-corrected chi connectivity index (χ3v) is 14.1. The number of aromatic nitrogens is 2. The van der Waals surface area contributed by atoms with Gasteiger partial charge in [-0.25, -0.2) is 10.4 Å². The molecular formula is C48H65N7O7S. The molecule has 3 fully saturated rings. The van der Waals surface area contributed by atoms with Crippen LogP contribution in [0.1, 0.15) is 97.0 Å². The van der Waals surface area contributed by atoms with Crippen LogP contribution in [0.5, 0.6) is 0 Å². The normalized spacial score (nSPS) is 27.2. The molecule has 14 nitrogen and oxygen atoms in total. The number of hydrogen-bond acceptors (Lipinski definition) is 11. The summed E-state index contributed by atoms with van der Waals surface area (Å²) in [5.74, 6) is -2.08. The predicted molar refractivity (Wildman–Crippen MR) is 246 cm³/mol. The summed E-state index contributed by atoms with van der Waals surface area (Å²) in [4.78, 5) is 68.4. The van der Waals surface area contributed by atoms with Gasteiger partial charge in [0.2, 0.25) is 11.8 Å². The van der Waals surface area contributed by atoms with Crippen molar-refractivity contribution >= 4 is 57.7 Å². The van der Waals surface area contributed by atoms with E-state index in [0.717, 1.165) is 45.4 Å². The summed E-state index contributed by atoms with van der Waals surface area (Å²) in [6.45, 7) is 23.0. The SMILES string of the molecule is C=C/C(=C(\N=C/C)[C@H](C)OC)c1c2c3cc(ccc3n1CC)-c1csc(n1)[C@@H](OCC)[C@H](NC(=O)[C@@H]1[C@@H](C)[C@H]1C(=O)N1CC[C@@H](C)C1)C(=O)N1CCC[C@H](N1)C(=O)OCC(C)(C)C2. The highest BCUT2D eigenvalue weighted by molar-refractivity contribution is 7.10. The van der Waals surface area contributed by atoms with Crippen LogP contribution in [-0.2, 0) is 46.4 Å². The van der Waals surface area contributed by atoms with Gasteiger partial charge in [0.25, 0.3) is 5.91 Å². The molecule has 1 aromatic carbocycles. The maximum absolute atomic E-state index is 14.8. The van der Waals surface area contributed by atoms with E-state index in [1.165, 1.54) is 16.3 Å². The molecule has 340 valence electrons. The van der Waals surface area contributed by atoms with Crippen molar-refractivity contribution in [2.24, 2.45) is 34.1 Å². The number of fused-ring (bicyclic) bond motifs is 6. The molecule has 5 heterocycles. The van der Waals surface area contributed by atoms with E-state index in [2.05, 4.69) is 67.8 Å². The van der Waals surface area contributed by atoms with E-state index in [4.69, 9.17) is 24.2 Å². The molecule has 15 heteroatoms. The molecule has 3 aliphatic heterocycles. The van der Waals surface area contributed by atoms with Crippen LogP contribution in [0, 0.1) is 29.1 Å². The molecule has 7 rings (SSSR count). The van der Waals surface area contributed by atoms with Gasteiger partial charge in [0.05, 0.1) is 41.6 Å². The van der Waals surface area contributed by atoms with Gasteiger partial charge < -0.3 is 29.0 Å².